The molecule has 1 aliphatic heterocycles. The van der Waals surface area contributed by atoms with Gasteiger partial charge in [-0.3, -0.25) is 9.69 Å². The predicted octanol–water partition coefficient (Wildman–Crippen LogP) is 5.30. The molecule has 0 aliphatic carbocycles. The molecule has 0 atom stereocenters. The Labute approximate surface area is 177 Å². The molecular formula is C22H17ClN2O3S. The second kappa shape index (κ2) is 9.41. The zero-order valence-corrected chi connectivity index (χ0v) is 16.9. The number of amidine groups is 1. The van der Waals surface area contributed by atoms with Gasteiger partial charge in [-0.2, -0.15) is 0 Å². The van der Waals surface area contributed by atoms with Crippen LogP contribution in [0.5, 0.6) is 0 Å². The number of carbonyl (C=O) groups is 2. The Morgan fingerprint density at radius 2 is 1.86 bits per heavy atom. The lowest BCUT2D eigenvalue weighted by atomic mass is 10.2. The van der Waals surface area contributed by atoms with Gasteiger partial charge in [0.05, 0.1) is 16.2 Å². The minimum atomic E-state index is -1.08. The first-order valence-electron chi connectivity index (χ1n) is 8.65. The zero-order valence-electron chi connectivity index (χ0n) is 15.3. The summed E-state index contributed by atoms with van der Waals surface area (Å²) in [6, 6.07) is 15.9. The monoisotopic (exact) mass is 424 g/mol. The number of thioether (sulfide) groups is 1. The Morgan fingerprint density at radius 1 is 1.17 bits per heavy atom. The number of allylic oxidation sites excluding steroid dienone is 2. The van der Waals surface area contributed by atoms with Crippen LogP contribution in [0.25, 0.3) is 6.08 Å². The fourth-order valence-corrected chi connectivity index (χ4v) is 3.90. The van der Waals surface area contributed by atoms with Crippen molar-refractivity contribution in [1.29, 1.82) is 0 Å². The first kappa shape index (κ1) is 20.6. The molecule has 1 aliphatic rings. The third-order valence-corrected chi connectivity index (χ3v) is 5.15. The maximum absolute atomic E-state index is 12.8. The molecule has 1 fully saturated rings. The van der Waals surface area contributed by atoms with Crippen molar-refractivity contribution in [3.05, 3.63) is 94.4 Å². The molecule has 1 heterocycles. The summed E-state index contributed by atoms with van der Waals surface area (Å²) in [5.74, 6) is -1.35. The number of benzene rings is 2. The lowest BCUT2D eigenvalue weighted by Crippen LogP contribution is -2.29. The van der Waals surface area contributed by atoms with Crippen molar-refractivity contribution in [3.8, 4) is 0 Å². The number of aliphatic imine (C=N–C) groups is 1. The van der Waals surface area contributed by atoms with E-state index in [4.69, 9.17) is 11.6 Å². The molecule has 2 aromatic rings. The van der Waals surface area contributed by atoms with E-state index in [0.717, 1.165) is 17.3 Å². The van der Waals surface area contributed by atoms with E-state index in [0.29, 0.717) is 15.1 Å². The number of rotatable bonds is 6. The van der Waals surface area contributed by atoms with E-state index in [1.54, 1.807) is 36.4 Å². The molecule has 0 spiro atoms. The van der Waals surface area contributed by atoms with Gasteiger partial charge in [0.15, 0.2) is 5.17 Å². The molecule has 0 bridgehead atoms. The normalized spacial score (nSPS) is 17.2. The quantitative estimate of drug-likeness (QED) is 0.504. The van der Waals surface area contributed by atoms with Crippen LogP contribution < -0.4 is 0 Å². The number of carbonyl (C=O) groups excluding carboxylic acids is 1. The van der Waals surface area contributed by atoms with Crippen LogP contribution in [0, 0.1) is 0 Å². The van der Waals surface area contributed by atoms with Crippen LogP contribution in [0.3, 0.4) is 0 Å². The van der Waals surface area contributed by atoms with Gasteiger partial charge < -0.3 is 5.11 Å². The molecular weight excluding hydrogens is 408 g/mol. The van der Waals surface area contributed by atoms with E-state index in [1.807, 2.05) is 30.3 Å². The van der Waals surface area contributed by atoms with Crippen LogP contribution >= 0.6 is 23.4 Å². The first-order valence-corrected chi connectivity index (χ1v) is 9.84. The molecule has 1 amide bonds. The van der Waals surface area contributed by atoms with Gasteiger partial charge in [0.25, 0.3) is 5.91 Å². The zero-order chi connectivity index (χ0) is 20.8. The Kier molecular flexibility index (Phi) is 6.69. The first-order chi connectivity index (χ1) is 14.0. The van der Waals surface area contributed by atoms with Gasteiger partial charge in [-0.05, 0) is 41.6 Å². The smallest absolute Gasteiger partial charge is 0.337 e. The standard InChI is InChI=1S/C22H17ClN2O3S/c1-2-12-25-20(26)19(14-16(23)13-15-8-4-3-5-9-15)29-22(25)24-18-11-7-6-10-17(18)21(27)28/h2-11,13-14H,1,12H2,(H,27,28)/b16-13-,19-14-,24-22?. The summed E-state index contributed by atoms with van der Waals surface area (Å²) in [6.07, 6.45) is 4.93. The fourth-order valence-electron chi connectivity index (χ4n) is 2.61. The van der Waals surface area contributed by atoms with Gasteiger partial charge >= 0.3 is 5.97 Å². The van der Waals surface area contributed by atoms with E-state index < -0.39 is 5.97 Å². The van der Waals surface area contributed by atoms with Crippen LogP contribution in [0.2, 0.25) is 0 Å². The number of hydrogen-bond acceptors (Lipinski definition) is 4. The van der Waals surface area contributed by atoms with Crippen molar-refractivity contribution >= 4 is 52.2 Å². The molecule has 3 rings (SSSR count). The van der Waals surface area contributed by atoms with Crippen molar-refractivity contribution < 1.29 is 14.7 Å². The number of aromatic carboxylic acids is 1. The summed E-state index contributed by atoms with van der Waals surface area (Å²) < 4.78 is 0. The highest BCUT2D eigenvalue weighted by molar-refractivity contribution is 8.18. The minimum absolute atomic E-state index is 0.0611. The molecule has 0 unspecified atom stereocenters. The van der Waals surface area contributed by atoms with E-state index >= 15 is 0 Å². The van der Waals surface area contributed by atoms with Gasteiger partial charge in [-0.25, -0.2) is 9.79 Å². The molecule has 0 radical (unpaired) electrons. The van der Waals surface area contributed by atoms with Crippen molar-refractivity contribution in [3.63, 3.8) is 0 Å². The Balaban J connectivity index is 1.96. The average molecular weight is 425 g/mol. The van der Waals surface area contributed by atoms with Gasteiger partial charge in [0.1, 0.15) is 0 Å². The van der Waals surface area contributed by atoms with Crippen molar-refractivity contribution in [2.45, 2.75) is 0 Å². The van der Waals surface area contributed by atoms with Crippen LogP contribution in [0.1, 0.15) is 15.9 Å². The van der Waals surface area contributed by atoms with E-state index in [9.17, 15) is 14.7 Å². The molecule has 1 N–H and O–H groups in total. The van der Waals surface area contributed by atoms with Gasteiger partial charge in [-0.15, -0.1) is 6.58 Å². The number of hydrogen-bond donors (Lipinski definition) is 1. The Hall–Kier alpha value is -3.09. The summed E-state index contributed by atoms with van der Waals surface area (Å²) in [6.45, 7) is 3.93. The third kappa shape index (κ3) is 5.04. The van der Waals surface area contributed by atoms with E-state index in [-0.39, 0.29) is 23.7 Å². The Bertz CT molecular complexity index is 1050. The second-order valence-electron chi connectivity index (χ2n) is 5.97. The summed E-state index contributed by atoms with van der Waals surface area (Å²) in [5.41, 5.74) is 1.25. The van der Waals surface area contributed by atoms with Gasteiger partial charge in [0.2, 0.25) is 0 Å². The lowest BCUT2D eigenvalue weighted by molar-refractivity contribution is -0.121. The summed E-state index contributed by atoms with van der Waals surface area (Å²) in [4.78, 5) is 30.5. The van der Waals surface area contributed by atoms with Crippen molar-refractivity contribution in [1.82, 2.24) is 4.90 Å². The summed E-state index contributed by atoms with van der Waals surface area (Å²) in [7, 11) is 0. The third-order valence-electron chi connectivity index (χ3n) is 3.92. The van der Waals surface area contributed by atoms with E-state index in [1.165, 1.54) is 11.0 Å². The maximum Gasteiger partial charge on any atom is 0.337 e. The van der Waals surface area contributed by atoms with Gasteiger partial charge in [-0.1, -0.05) is 60.1 Å². The number of para-hydroxylation sites is 1. The molecule has 29 heavy (non-hydrogen) atoms. The number of amides is 1. The van der Waals surface area contributed by atoms with Crippen LogP contribution in [0.4, 0.5) is 5.69 Å². The molecule has 5 nitrogen and oxygen atoms in total. The molecule has 0 aromatic heterocycles. The Morgan fingerprint density at radius 3 is 2.55 bits per heavy atom. The number of halogens is 1. The largest absolute Gasteiger partial charge is 0.478 e. The van der Waals surface area contributed by atoms with Crippen molar-refractivity contribution in [2.24, 2.45) is 4.99 Å². The topological polar surface area (TPSA) is 70.0 Å². The van der Waals surface area contributed by atoms with Gasteiger partial charge in [0, 0.05) is 11.6 Å². The highest BCUT2D eigenvalue weighted by Gasteiger charge is 2.33. The number of nitrogens with zero attached hydrogens (tertiary/aromatic N) is 2. The maximum atomic E-state index is 12.8. The second-order valence-corrected chi connectivity index (χ2v) is 7.42. The SMILES string of the molecule is C=CCN1C(=O)/C(=C/C(Cl)=C/c2ccccc2)SC1=Nc1ccccc1C(=O)O. The molecule has 1 saturated heterocycles. The number of carboxylic acids is 1. The molecule has 7 heteroatoms. The van der Waals surface area contributed by atoms with Crippen LogP contribution in [-0.2, 0) is 4.79 Å². The highest BCUT2D eigenvalue weighted by Crippen LogP contribution is 2.35. The van der Waals surface area contributed by atoms with Crippen LogP contribution in [0.15, 0.2) is 88.3 Å². The highest BCUT2D eigenvalue weighted by atomic mass is 35.5. The minimum Gasteiger partial charge on any atom is -0.478 e. The fraction of sp³-hybridized carbons (Fsp3) is 0.0455. The van der Waals surface area contributed by atoms with Crippen molar-refractivity contribution in [2.75, 3.05) is 6.54 Å². The van der Waals surface area contributed by atoms with Crippen LogP contribution in [-0.4, -0.2) is 33.6 Å². The lowest BCUT2D eigenvalue weighted by Gasteiger charge is -2.13. The molecule has 146 valence electrons. The predicted molar refractivity (Wildman–Crippen MR) is 118 cm³/mol. The summed E-state index contributed by atoms with van der Waals surface area (Å²) in [5, 5.41) is 10.1. The molecule has 0 saturated carbocycles. The average Bonchev–Trinajstić information content (AvgIpc) is 2.98. The summed E-state index contributed by atoms with van der Waals surface area (Å²) >= 11 is 7.47. The number of carboxylic acid groups (broad SMARTS) is 1. The van der Waals surface area contributed by atoms with E-state index in [2.05, 4.69) is 11.6 Å². The molecule has 2 aromatic carbocycles.